The van der Waals surface area contributed by atoms with E-state index in [1.807, 2.05) is 0 Å². The first-order valence-corrected chi connectivity index (χ1v) is 11.1. The van der Waals surface area contributed by atoms with Gasteiger partial charge in [-0.1, -0.05) is 30.3 Å². The number of esters is 1. The van der Waals surface area contributed by atoms with Crippen LogP contribution in [0.25, 0.3) is 22.0 Å². The van der Waals surface area contributed by atoms with Crippen molar-refractivity contribution in [3.63, 3.8) is 0 Å². The van der Waals surface area contributed by atoms with Crippen LogP contribution in [0.5, 0.6) is 0 Å². The first kappa shape index (κ1) is 24.5. The van der Waals surface area contributed by atoms with Gasteiger partial charge in [0, 0.05) is 23.2 Å². The second-order valence-corrected chi connectivity index (χ2v) is 8.43. The van der Waals surface area contributed by atoms with Crippen LogP contribution in [0.4, 0.5) is 13.2 Å². The fraction of sp³-hybridized carbons (Fsp3) is 0.320. The van der Waals surface area contributed by atoms with Crippen LogP contribution >= 0.6 is 0 Å². The number of fused-ring (bicyclic) bond motifs is 1. The number of carbonyl (C=O) groups excluding carboxylic acids is 2. The van der Waals surface area contributed by atoms with Crippen molar-refractivity contribution in [2.45, 2.75) is 31.0 Å². The minimum atomic E-state index is -4.57. The number of pyridine rings is 1. The maximum Gasteiger partial charge on any atom is 0.417 e. The number of hydrogen-bond acceptors (Lipinski definition) is 5. The molecule has 1 aliphatic rings. The Balaban J connectivity index is 1.57. The highest BCUT2D eigenvalue weighted by Crippen LogP contribution is 2.37. The fourth-order valence-corrected chi connectivity index (χ4v) is 4.25. The summed E-state index contributed by atoms with van der Waals surface area (Å²) in [6.45, 7) is 0.550. The van der Waals surface area contributed by atoms with E-state index in [4.69, 9.17) is 4.74 Å². The van der Waals surface area contributed by atoms with Gasteiger partial charge >= 0.3 is 12.1 Å². The lowest BCUT2D eigenvalue weighted by atomic mass is 9.93. The highest BCUT2D eigenvalue weighted by Gasteiger charge is 2.35. The zero-order valence-electron chi connectivity index (χ0n) is 18.9. The van der Waals surface area contributed by atoms with Crippen molar-refractivity contribution in [2.24, 2.45) is 0 Å². The lowest BCUT2D eigenvalue weighted by molar-refractivity contribution is -0.144. The molecule has 2 heterocycles. The first-order chi connectivity index (χ1) is 16.7. The molecule has 0 bridgehead atoms. The summed E-state index contributed by atoms with van der Waals surface area (Å²) < 4.78 is 45.5. The van der Waals surface area contributed by atoms with Gasteiger partial charge < -0.3 is 20.4 Å². The van der Waals surface area contributed by atoms with Crippen molar-refractivity contribution in [3.8, 4) is 11.3 Å². The number of carbonyl (C=O) groups is 2. The molecule has 3 aromatic rings. The van der Waals surface area contributed by atoms with E-state index in [-0.39, 0.29) is 47.6 Å². The van der Waals surface area contributed by atoms with Gasteiger partial charge in [0.15, 0.2) is 0 Å². The van der Waals surface area contributed by atoms with Gasteiger partial charge in [0.25, 0.3) is 5.56 Å². The molecule has 1 fully saturated rings. The van der Waals surface area contributed by atoms with Crippen molar-refractivity contribution < 1.29 is 27.5 Å². The number of ether oxygens (including phenoxy) is 1. The quantitative estimate of drug-likeness (QED) is 0.444. The van der Waals surface area contributed by atoms with Crippen molar-refractivity contribution in [1.29, 1.82) is 0 Å². The molecular weight excluding hydrogens is 463 g/mol. The van der Waals surface area contributed by atoms with Crippen LogP contribution in [0.15, 0.2) is 53.3 Å². The minimum absolute atomic E-state index is 0.0565. The molecule has 2 atom stereocenters. The van der Waals surface area contributed by atoms with Crippen molar-refractivity contribution in [1.82, 2.24) is 15.6 Å². The van der Waals surface area contributed by atoms with E-state index in [0.29, 0.717) is 23.9 Å². The van der Waals surface area contributed by atoms with Gasteiger partial charge in [0.1, 0.15) is 6.61 Å². The standard InChI is InChI=1S/C25H24F3N3O4/c1-29-9-8-22(32)35-13-16-12-19(23(33)30-16)14-6-7-15-11-21(31-24(34)18(15)10-14)17-4-2-3-5-20(17)25(26,27)28/h2-7,10-11,16,19,29H,8-9,12-13H2,1H3,(H,30,33)(H,31,34)/t16-,19-/m1/s1. The molecule has 0 aliphatic carbocycles. The zero-order chi connectivity index (χ0) is 25.2. The van der Waals surface area contributed by atoms with Crippen LogP contribution < -0.4 is 16.2 Å². The van der Waals surface area contributed by atoms with Crippen molar-refractivity contribution in [3.05, 3.63) is 70.0 Å². The van der Waals surface area contributed by atoms with E-state index in [1.165, 1.54) is 24.3 Å². The Bertz CT molecular complexity index is 1320. The van der Waals surface area contributed by atoms with Crippen molar-refractivity contribution >= 4 is 22.6 Å². The van der Waals surface area contributed by atoms with Gasteiger partial charge in [-0.25, -0.2) is 0 Å². The topological polar surface area (TPSA) is 100 Å². The van der Waals surface area contributed by atoms with Crippen LogP contribution in [0, 0.1) is 0 Å². The molecule has 2 aromatic carbocycles. The molecular formula is C25H24F3N3O4. The van der Waals surface area contributed by atoms with E-state index in [9.17, 15) is 27.6 Å². The number of halogens is 3. The summed E-state index contributed by atoms with van der Waals surface area (Å²) in [7, 11) is 1.73. The molecule has 1 amide bonds. The SMILES string of the molecule is CNCCC(=O)OC[C@H]1C[C@H](c2ccc3cc(-c4ccccc4C(F)(F)F)[nH]c(=O)c3c2)C(=O)N1. The summed E-state index contributed by atoms with van der Waals surface area (Å²) in [6, 6.07) is 11.1. The van der Waals surface area contributed by atoms with Crippen LogP contribution in [0.3, 0.4) is 0 Å². The second-order valence-electron chi connectivity index (χ2n) is 8.43. The van der Waals surface area contributed by atoms with Crippen LogP contribution in [0.2, 0.25) is 0 Å². The lowest BCUT2D eigenvalue weighted by Crippen LogP contribution is -2.31. The number of rotatable bonds is 7. The summed E-state index contributed by atoms with van der Waals surface area (Å²) in [5.41, 5.74) is -0.850. The number of H-pyrrole nitrogens is 1. The predicted octanol–water partition coefficient (Wildman–Crippen LogP) is 3.34. The van der Waals surface area contributed by atoms with Gasteiger partial charge in [0.2, 0.25) is 5.91 Å². The van der Waals surface area contributed by atoms with Gasteiger partial charge in [-0.05, 0) is 42.6 Å². The Morgan fingerprint density at radius 3 is 2.66 bits per heavy atom. The Morgan fingerprint density at radius 2 is 1.91 bits per heavy atom. The number of nitrogens with one attached hydrogen (secondary N) is 3. The largest absolute Gasteiger partial charge is 0.463 e. The van der Waals surface area contributed by atoms with Crippen LogP contribution in [0.1, 0.15) is 29.9 Å². The number of benzene rings is 2. The number of amides is 1. The number of alkyl halides is 3. The summed E-state index contributed by atoms with van der Waals surface area (Å²) >= 11 is 0. The molecule has 7 nitrogen and oxygen atoms in total. The van der Waals surface area contributed by atoms with Crippen LogP contribution in [-0.4, -0.2) is 43.1 Å². The van der Waals surface area contributed by atoms with E-state index in [1.54, 1.807) is 25.2 Å². The molecule has 184 valence electrons. The maximum absolute atomic E-state index is 13.4. The Labute approximate surface area is 198 Å². The van der Waals surface area contributed by atoms with Gasteiger partial charge in [-0.2, -0.15) is 13.2 Å². The van der Waals surface area contributed by atoms with E-state index >= 15 is 0 Å². The smallest absolute Gasteiger partial charge is 0.417 e. The Kier molecular flexibility index (Phi) is 6.93. The molecule has 1 aliphatic heterocycles. The molecule has 0 spiro atoms. The fourth-order valence-electron chi connectivity index (χ4n) is 4.25. The van der Waals surface area contributed by atoms with Gasteiger partial charge in [0.05, 0.1) is 23.9 Å². The third-order valence-corrected chi connectivity index (χ3v) is 6.00. The van der Waals surface area contributed by atoms with E-state index in [0.717, 1.165) is 6.07 Å². The van der Waals surface area contributed by atoms with E-state index < -0.39 is 23.2 Å². The summed E-state index contributed by atoms with van der Waals surface area (Å²) in [4.78, 5) is 39.6. The number of aromatic nitrogens is 1. The van der Waals surface area contributed by atoms with Crippen LogP contribution in [-0.2, 0) is 20.5 Å². The average molecular weight is 487 g/mol. The molecule has 0 radical (unpaired) electrons. The Hall–Kier alpha value is -3.66. The molecule has 1 aromatic heterocycles. The van der Waals surface area contributed by atoms with E-state index in [2.05, 4.69) is 15.6 Å². The lowest BCUT2D eigenvalue weighted by Gasteiger charge is -2.14. The minimum Gasteiger partial charge on any atom is -0.463 e. The first-order valence-electron chi connectivity index (χ1n) is 11.1. The number of aromatic amines is 1. The maximum atomic E-state index is 13.4. The molecule has 0 unspecified atom stereocenters. The normalized spacial score (nSPS) is 18.0. The Morgan fingerprint density at radius 1 is 1.14 bits per heavy atom. The third-order valence-electron chi connectivity index (χ3n) is 6.00. The second kappa shape index (κ2) is 9.91. The highest BCUT2D eigenvalue weighted by atomic mass is 19.4. The average Bonchev–Trinajstić information content (AvgIpc) is 3.21. The highest BCUT2D eigenvalue weighted by molar-refractivity contribution is 5.90. The molecule has 35 heavy (non-hydrogen) atoms. The summed E-state index contributed by atoms with van der Waals surface area (Å²) in [6.07, 6.45) is -3.96. The zero-order valence-corrected chi connectivity index (χ0v) is 18.9. The van der Waals surface area contributed by atoms with Crippen molar-refractivity contribution in [2.75, 3.05) is 20.2 Å². The molecule has 0 saturated carbocycles. The molecule has 10 heteroatoms. The number of hydrogen-bond donors (Lipinski definition) is 3. The van der Waals surface area contributed by atoms with Gasteiger partial charge in [-0.15, -0.1) is 0 Å². The predicted molar refractivity (Wildman–Crippen MR) is 124 cm³/mol. The van der Waals surface area contributed by atoms with Gasteiger partial charge in [-0.3, -0.25) is 14.4 Å². The summed E-state index contributed by atoms with van der Waals surface area (Å²) in [5, 5.41) is 6.38. The summed E-state index contributed by atoms with van der Waals surface area (Å²) in [5.74, 6) is -1.14. The molecule has 1 saturated heterocycles. The third kappa shape index (κ3) is 5.37. The monoisotopic (exact) mass is 487 g/mol. The molecule has 4 rings (SSSR count). The molecule has 3 N–H and O–H groups in total.